The minimum Gasteiger partial charge on any atom is -0.369 e. The normalized spacial score (nSPS) is 22.1. The predicted octanol–water partition coefficient (Wildman–Crippen LogP) is 4.08. The van der Waals surface area contributed by atoms with Crippen molar-refractivity contribution in [3.63, 3.8) is 0 Å². The standard InChI is InChI=1S/C17H17BrO3/c18-16-9-5-4-8-14(16)10-19-15-11-20-17(21-12-15)13-6-2-1-3-7-13/h1-9,15,17H,10-12H2/t15-,17-. The lowest BCUT2D eigenvalue weighted by Gasteiger charge is -2.29. The van der Waals surface area contributed by atoms with E-state index in [1.165, 1.54) is 0 Å². The smallest absolute Gasteiger partial charge is 0.184 e. The van der Waals surface area contributed by atoms with E-state index < -0.39 is 0 Å². The minimum absolute atomic E-state index is 0.0305. The van der Waals surface area contributed by atoms with Crippen molar-refractivity contribution in [3.8, 4) is 0 Å². The van der Waals surface area contributed by atoms with E-state index in [2.05, 4.69) is 15.9 Å². The fourth-order valence-corrected chi connectivity index (χ4v) is 2.61. The van der Waals surface area contributed by atoms with E-state index in [-0.39, 0.29) is 12.4 Å². The van der Waals surface area contributed by atoms with Crippen molar-refractivity contribution in [2.24, 2.45) is 0 Å². The fraction of sp³-hybridized carbons (Fsp3) is 0.294. The van der Waals surface area contributed by atoms with Crippen LogP contribution in [0.2, 0.25) is 0 Å². The maximum Gasteiger partial charge on any atom is 0.184 e. The van der Waals surface area contributed by atoms with Crippen molar-refractivity contribution in [1.82, 2.24) is 0 Å². The van der Waals surface area contributed by atoms with Crippen LogP contribution in [0.5, 0.6) is 0 Å². The largest absolute Gasteiger partial charge is 0.369 e. The summed E-state index contributed by atoms with van der Waals surface area (Å²) in [5.74, 6) is 0. The van der Waals surface area contributed by atoms with Crippen LogP contribution in [0.1, 0.15) is 17.4 Å². The van der Waals surface area contributed by atoms with Gasteiger partial charge in [-0.3, -0.25) is 0 Å². The maximum atomic E-state index is 5.85. The molecule has 0 aromatic heterocycles. The Hall–Kier alpha value is -1.20. The van der Waals surface area contributed by atoms with Gasteiger partial charge in [-0.1, -0.05) is 64.5 Å². The summed E-state index contributed by atoms with van der Waals surface area (Å²) in [6, 6.07) is 18.0. The van der Waals surface area contributed by atoms with Crippen LogP contribution in [-0.4, -0.2) is 19.3 Å². The fourth-order valence-electron chi connectivity index (χ4n) is 2.21. The Morgan fingerprint density at radius 3 is 2.33 bits per heavy atom. The van der Waals surface area contributed by atoms with Crippen LogP contribution < -0.4 is 0 Å². The molecule has 2 aromatic rings. The molecule has 1 heterocycles. The van der Waals surface area contributed by atoms with Gasteiger partial charge in [0.2, 0.25) is 0 Å². The summed E-state index contributed by atoms with van der Waals surface area (Å²) in [5.41, 5.74) is 2.17. The average Bonchev–Trinajstić information content (AvgIpc) is 2.55. The van der Waals surface area contributed by atoms with Crippen molar-refractivity contribution in [2.75, 3.05) is 13.2 Å². The molecule has 0 bridgehead atoms. The summed E-state index contributed by atoms with van der Waals surface area (Å²) < 4.78 is 18.4. The Balaban J connectivity index is 1.49. The van der Waals surface area contributed by atoms with Gasteiger partial charge in [-0.15, -0.1) is 0 Å². The second-order valence-corrected chi connectivity index (χ2v) is 5.79. The quantitative estimate of drug-likeness (QED) is 0.833. The van der Waals surface area contributed by atoms with E-state index in [0.717, 1.165) is 15.6 Å². The number of hydrogen-bond acceptors (Lipinski definition) is 3. The number of halogens is 1. The van der Waals surface area contributed by atoms with Crippen molar-refractivity contribution in [3.05, 3.63) is 70.2 Å². The Kier molecular flexibility index (Phi) is 5.04. The van der Waals surface area contributed by atoms with Gasteiger partial charge in [0.05, 0.1) is 19.8 Å². The van der Waals surface area contributed by atoms with Gasteiger partial charge in [0.1, 0.15) is 6.10 Å². The van der Waals surface area contributed by atoms with Gasteiger partial charge >= 0.3 is 0 Å². The second kappa shape index (κ2) is 7.18. The first kappa shape index (κ1) is 14.7. The Morgan fingerprint density at radius 2 is 1.62 bits per heavy atom. The highest BCUT2D eigenvalue weighted by Crippen LogP contribution is 2.24. The maximum absolute atomic E-state index is 5.85. The van der Waals surface area contributed by atoms with Gasteiger partial charge in [0, 0.05) is 10.0 Å². The van der Waals surface area contributed by atoms with E-state index in [4.69, 9.17) is 14.2 Å². The highest BCUT2D eigenvalue weighted by molar-refractivity contribution is 9.10. The van der Waals surface area contributed by atoms with Gasteiger partial charge < -0.3 is 14.2 Å². The monoisotopic (exact) mass is 348 g/mol. The number of benzene rings is 2. The molecule has 0 saturated carbocycles. The molecule has 1 aliphatic rings. The molecule has 0 aliphatic carbocycles. The van der Waals surface area contributed by atoms with E-state index in [1.54, 1.807) is 0 Å². The lowest BCUT2D eigenvalue weighted by molar-refractivity contribution is -0.232. The predicted molar refractivity (Wildman–Crippen MR) is 83.8 cm³/mol. The molecule has 0 spiro atoms. The van der Waals surface area contributed by atoms with E-state index in [0.29, 0.717) is 19.8 Å². The van der Waals surface area contributed by atoms with Gasteiger partial charge in [-0.05, 0) is 11.6 Å². The summed E-state index contributed by atoms with van der Waals surface area (Å²) >= 11 is 3.52. The van der Waals surface area contributed by atoms with Crippen LogP contribution in [-0.2, 0) is 20.8 Å². The van der Waals surface area contributed by atoms with Crippen LogP contribution in [0.3, 0.4) is 0 Å². The molecule has 0 N–H and O–H groups in total. The third kappa shape index (κ3) is 3.92. The first-order chi connectivity index (χ1) is 10.3. The van der Waals surface area contributed by atoms with E-state index in [9.17, 15) is 0 Å². The first-order valence-electron chi connectivity index (χ1n) is 6.96. The molecule has 0 atom stereocenters. The molecule has 110 valence electrons. The van der Waals surface area contributed by atoms with E-state index >= 15 is 0 Å². The summed E-state index contributed by atoms with van der Waals surface area (Å²) in [6.07, 6.45) is -0.313. The summed E-state index contributed by atoms with van der Waals surface area (Å²) in [5, 5.41) is 0. The zero-order chi connectivity index (χ0) is 14.5. The molecule has 2 aromatic carbocycles. The van der Waals surface area contributed by atoms with Crippen LogP contribution in [0.15, 0.2) is 59.1 Å². The highest BCUT2D eigenvalue weighted by atomic mass is 79.9. The molecule has 4 heteroatoms. The molecule has 1 fully saturated rings. The van der Waals surface area contributed by atoms with Gasteiger partial charge in [-0.25, -0.2) is 0 Å². The van der Waals surface area contributed by atoms with Crippen LogP contribution in [0.4, 0.5) is 0 Å². The Labute approximate surface area is 133 Å². The first-order valence-corrected chi connectivity index (χ1v) is 7.75. The zero-order valence-corrected chi connectivity index (χ0v) is 13.2. The third-order valence-electron chi connectivity index (χ3n) is 3.37. The van der Waals surface area contributed by atoms with Gasteiger partial charge in [-0.2, -0.15) is 0 Å². The summed E-state index contributed by atoms with van der Waals surface area (Å²) in [4.78, 5) is 0. The minimum atomic E-state index is -0.283. The zero-order valence-electron chi connectivity index (χ0n) is 11.6. The SMILES string of the molecule is Brc1ccccc1CO[C@H]1CO[C@H](c2ccccc2)OC1. The van der Waals surface area contributed by atoms with Crippen molar-refractivity contribution < 1.29 is 14.2 Å². The molecule has 0 unspecified atom stereocenters. The van der Waals surface area contributed by atoms with E-state index in [1.807, 2.05) is 54.6 Å². The lowest BCUT2D eigenvalue weighted by Crippen LogP contribution is -2.33. The molecular weight excluding hydrogens is 332 g/mol. The third-order valence-corrected chi connectivity index (χ3v) is 4.14. The van der Waals surface area contributed by atoms with Crippen LogP contribution in [0.25, 0.3) is 0 Å². The van der Waals surface area contributed by atoms with Crippen molar-refractivity contribution in [1.29, 1.82) is 0 Å². The molecule has 3 rings (SSSR count). The Morgan fingerprint density at radius 1 is 0.952 bits per heavy atom. The van der Waals surface area contributed by atoms with Gasteiger partial charge in [0.25, 0.3) is 0 Å². The average molecular weight is 349 g/mol. The van der Waals surface area contributed by atoms with Crippen LogP contribution >= 0.6 is 15.9 Å². The molecule has 1 saturated heterocycles. The highest BCUT2D eigenvalue weighted by Gasteiger charge is 2.23. The molecule has 3 nitrogen and oxygen atoms in total. The summed E-state index contributed by atoms with van der Waals surface area (Å²) in [6.45, 7) is 1.64. The van der Waals surface area contributed by atoms with Gasteiger partial charge in [0.15, 0.2) is 6.29 Å². The molecule has 21 heavy (non-hydrogen) atoms. The van der Waals surface area contributed by atoms with Crippen molar-refractivity contribution in [2.45, 2.75) is 19.0 Å². The number of rotatable bonds is 4. The second-order valence-electron chi connectivity index (χ2n) is 4.93. The topological polar surface area (TPSA) is 27.7 Å². The van der Waals surface area contributed by atoms with Crippen molar-refractivity contribution >= 4 is 15.9 Å². The molecular formula is C17H17BrO3. The lowest BCUT2D eigenvalue weighted by atomic mass is 10.2. The molecule has 1 aliphatic heterocycles. The summed E-state index contributed by atoms with van der Waals surface area (Å²) in [7, 11) is 0. The van der Waals surface area contributed by atoms with Crippen LogP contribution in [0, 0.1) is 0 Å². The molecule has 0 amide bonds. The molecule has 0 radical (unpaired) electrons. The number of ether oxygens (including phenoxy) is 3. The number of hydrogen-bond donors (Lipinski definition) is 0. The Bertz CT molecular complexity index is 565.